The van der Waals surface area contributed by atoms with Gasteiger partial charge in [0, 0.05) is 30.8 Å². The molecule has 1 heterocycles. The minimum atomic E-state index is -0.382. The van der Waals surface area contributed by atoms with E-state index in [-0.39, 0.29) is 10.6 Å². The van der Waals surface area contributed by atoms with Gasteiger partial charge in [-0.1, -0.05) is 0 Å². The number of rotatable bonds is 1. The lowest BCUT2D eigenvalue weighted by Gasteiger charge is -1.97. The number of non-ortho nitro benzene ring substituents is 1. The second-order valence-electron chi connectivity index (χ2n) is 2.61. The summed E-state index contributed by atoms with van der Waals surface area (Å²) in [4.78, 5) is 9.99. The highest BCUT2D eigenvalue weighted by Gasteiger charge is 2.14. The van der Waals surface area contributed by atoms with Gasteiger partial charge in [-0.05, 0) is 11.6 Å². The van der Waals surface area contributed by atoms with Crippen LogP contribution in [0.2, 0.25) is 0 Å². The van der Waals surface area contributed by atoms with Crippen molar-refractivity contribution in [1.82, 2.24) is 0 Å². The Bertz CT molecular complexity index is 336. The summed E-state index contributed by atoms with van der Waals surface area (Å²) in [5, 5.41) is 13.5. The summed E-state index contributed by atoms with van der Waals surface area (Å²) in [6.07, 6.45) is 1.93. The predicted molar refractivity (Wildman–Crippen MR) is 45.0 cm³/mol. The summed E-state index contributed by atoms with van der Waals surface area (Å²) in [7, 11) is 0. The lowest BCUT2D eigenvalue weighted by Crippen LogP contribution is -1.90. The average molecular weight is 163 g/mol. The van der Waals surface area contributed by atoms with Gasteiger partial charge in [-0.2, -0.15) is 0 Å². The van der Waals surface area contributed by atoms with Crippen LogP contribution in [0.4, 0.5) is 11.4 Å². The van der Waals surface area contributed by atoms with E-state index < -0.39 is 0 Å². The third-order valence-corrected chi connectivity index (χ3v) is 1.86. The second kappa shape index (κ2) is 2.48. The average Bonchev–Trinajstić information content (AvgIpc) is 2.49. The fraction of sp³-hybridized carbons (Fsp3) is 0.125. The van der Waals surface area contributed by atoms with E-state index in [2.05, 4.69) is 5.32 Å². The summed E-state index contributed by atoms with van der Waals surface area (Å²) in [5.74, 6) is 0. The molecule has 0 fully saturated rings. The van der Waals surface area contributed by atoms with Crippen molar-refractivity contribution in [3.05, 3.63) is 40.3 Å². The minimum absolute atomic E-state index is 0.147. The molecule has 4 heteroatoms. The van der Waals surface area contributed by atoms with E-state index in [0.717, 1.165) is 17.8 Å². The highest BCUT2D eigenvalue weighted by Crippen LogP contribution is 2.27. The quantitative estimate of drug-likeness (QED) is 0.505. The van der Waals surface area contributed by atoms with Crippen LogP contribution < -0.4 is 5.32 Å². The van der Waals surface area contributed by atoms with Crippen LogP contribution in [0.5, 0.6) is 0 Å². The molecule has 0 atom stereocenters. The largest absolute Gasteiger partial charge is 0.384 e. The number of hydrogen-bond acceptors (Lipinski definition) is 3. The third-order valence-electron chi connectivity index (χ3n) is 1.86. The van der Waals surface area contributed by atoms with Gasteiger partial charge >= 0.3 is 0 Å². The van der Waals surface area contributed by atoms with Gasteiger partial charge in [0.05, 0.1) is 4.92 Å². The molecule has 12 heavy (non-hydrogen) atoms. The molecule has 0 aromatic heterocycles. The Morgan fingerprint density at radius 1 is 1.50 bits per heavy atom. The number of nitrogens with one attached hydrogen (secondary N) is 1. The molecule has 4 nitrogen and oxygen atoms in total. The van der Waals surface area contributed by atoms with Crippen LogP contribution in [0.15, 0.2) is 18.2 Å². The predicted octanol–water partition coefficient (Wildman–Crippen LogP) is 1.57. The number of nitrogens with zero attached hydrogens (tertiary/aromatic N) is 1. The molecule has 0 unspecified atom stereocenters. The maximum atomic E-state index is 10.4. The number of nitro benzene ring substituents is 1. The van der Waals surface area contributed by atoms with Crippen LogP contribution in [0.1, 0.15) is 5.56 Å². The number of hydrogen-bond donors (Lipinski definition) is 1. The van der Waals surface area contributed by atoms with Gasteiger partial charge in [0.15, 0.2) is 0 Å². The van der Waals surface area contributed by atoms with Crippen molar-refractivity contribution < 1.29 is 4.92 Å². The molecule has 0 saturated heterocycles. The minimum Gasteiger partial charge on any atom is -0.384 e. The molecule has 1 aromatic carbocycles. The van der Waals surface area contributed by atoms with Crippen molar-refractivity contribution >= 4 is 11.4 Å². The van der Waals surface area contributed by atoms with Crippen LogP contribution in [-0.4, -0.2) is 11.5 Å². The van der Waals surface area contributed by atoms with E-state index in [1.54, 1.807) is 12.1 Å². The molecule has 1 radical (unpaired) electrons. The fourth-order valence-electron chi connectivity index (χ4n) is 1.26. The van der Waals surface area contributed by atoms with Crippen LogP contribution in [0.25, 0.3) is 0 Å². The summed E-state index contributed by atoms with van der Waals surface area (Å²) < 4.78 is 0. The Labute approximate surface area is 69.4 Å². The Hall–Kier alpha value is -1.58. The Kier molecular flexibility index (Phi) is 1.46. The van der Waals surface area contributed by atoms with Crippen molar-refractivity contribution in [1.29, 1.82) is 0 Å². The molecule has 2 rings (SSSR count). The first kappa shape index (κ1) is 7.09. The zero-order valence-electron chi connectivity index (χ0n) is 6.28. The summed E-state index contributed by atoms with van der Waals surface area (Å²) in [5.41, 5.74) is 2.04. The molecule has 0 saturated carbocycles. The molecule has 0 spiro atoms. The standard InChI is InChI=1S/C8H7N2O2/c11-10(12)7-1-2-8-6(5-7)3-4-9-8/h1-3,5,9H,4H2. The zero-order chi connectivity index (χ0) is 8.55. The Morgan fingerprint density at radius 2 is 2.33 bits per heavy atom. The van der Waals surface area contributed by atoms with Crippen molar-refractivity contribution in [3.63, 3.8) is 0 Å². The molecular weight excluding hydrogens is 156 g/mol. The maximum Gasteiger partial charge on any atom is 0.269 e. The normalized spacial score (nSPS) is 13.7. The van der Waals surface area contributed by atoms with E-state index in [4.69, 9.17) is 0 Å². The lowest BCUT2D eigenvalue weighted by atomic mass is 10.1. The first-order chi connectivity index (χ1) is 5.77. The monoisotopic (exact) mass is 163 g/mol. The van der Waals surface area contributed by atoms with Crippen LogP contribution in [0.3, 0.4) is 0 Å². The van der Waals surface area contributed by atoms with Crippen molar-refractivity contribution in [2.75, 3.05) is 11.9 Å². The third kappa shape index (κ3) is 1.01. The molecule has 0 amide bonds. The van der Waals surface area contributed by atoms with Gasteiger partial charge in [-0.3, -0.25) is 10.1 Å². The molecule has 1 aromatic rings. The van der Waals surface area contributed by atoms with Gasteiger partial charge in [0.1, 0.15) is 0 Å². The van der Waals surface area contributed by atoms with Crippen molar-refractivity contribution in [2.45, 2.75) is 0 Å². The van der Waals surface area contributed by atoms with Gasteiger partial charge in [0.25, 0.3) is 5.69 Å². The van der Waals surface area contributed by atoms with Gasteiger partial charge < -0.3 is 5.32 Å². The Balaban J connectivity index is 2.45. The van der Waals surface area contributed by atoms with Crippen molar-refractivity contribution in [3.8, 4) is 0 Å². The smallest absolute Gasteiger partial charge is 0.269 e. The summed E-state index contributed by atoms with van der Waals surface area (Å²) in [6.45, 7) is 0.760. The van der Waals surface area contributed by atoms with Crippen molar-refractivity contribution in [2.24, 2.45) is 0 Å². The van der Waals surface area contributed by atoms with Gasteiger partial charge in [0.2, 0.25) is 0 Å². The van der Waals surface area contributed by atoms with E-state index in [1.165, 1.54) is 6.07 Å². The summed E-state index contributed by atoms with van der Waals surface area (Å²) in [6, 6.07) is 4.82. The second-order valence-corrected chi connectivity index (χ2v) is 2.61. The molecule has 0 aliphatic carbocycles. The molecule has 0 bridgehead atoms. The van der Waals surface area contributed by atoms with Gasteiger partial charge in [-0.15, -0.1) is 0 Å². The Morgan fingerprint density at radius 3 is 3.08 bits per heavy atom. The first-order valence-corrected chi connectivity index (χ1v) is 3.63. The molecule has 61 valence electrons. The number of nitro groups is 1. The fourth-order valence-corrected chi connectivity index (χ4v) is 1.26. The highest BCUT2D eigenvalue weighted by atomic mass is 16.6. The molecular formula is C8H7N2O2. The lowest BCUT2D eigenvalue weighted by molar-refractivity contribution is -0.384. The van der Waals surface area contributed by atoms with Crippen LogP contribution in [-0.2, 0) is 0 Å². The molecule has 1 aliphatic heterocycles. The first-order valence-electron chi connectivity index (χ1n) is 3.63. The molecule has 1 aliphatic rings. The maximum absolute atomic E-state index is 10.4. The highest BCUT2D eigenvalue weighted by molar-refractivity contribution is 5.63. The van der Waals surface area contributed by atoms with E-state index in [9.17, 15) is 10.1 Å². The van der Waals surface area contributed by atoms with E-state index in [1.807, 2.05) is 6.42 Å². The number of fused-ring (bicyclic) bond motifs is 1. The number of benzene rings is 1. The van der Waals surface area contributed by atoms with Gasteiger partial charge in [-0.25, -0.2) is 0 Å². The zero-order valence-corrected chi connectivity index (χ0v) is 6.28. The van der Waals surface area contributed by atoms with Crippen LogP contribution in [0, 0.1) is 16.5 Å². The van der Waals surface area contributed by atoms with E-state index >= 15 is 0 Å². The van der Waals surface area contributed by atoms with E-state index in [0.29, 0.717) is 0 Å². The SMILES string of the molecule is O=[N+]([O-])c1ccc2c(c1)[CH]CN2. The number of anilines is 1. The van der Waals surface area contributed by atoms with Crippen LogP contribution >= 0.6 is 0 Å². The topological polar surface area (TPSA) is 55.2 Å². The summed E-state index contributed by atoms with van der Waals surface area (Å²) >= 11 is 0. The molecule has 1 N–H and O–H groups in total.